The summed E-state index contributed by atoms with van der Waals surface area (Å²) in [5.41, 5.74) is 0.347. The van der Waals surface area contributed by atoms with Crippen LogP contribution >= 0.6 is 0 Å². The molecule has 0 aromatic rings. The maximum absolute atomic E-state index is 10.5. The molecule has 0 fully saturated rings. The average Bonchev–Trinajstić information content (AvgIpc) is 2.61. The third-order valence-electron chi connectivity index (χ3n) is 3.39. The van der Waals surface area contributed by atoms with Crippen molar-refractivity contribution >= 4 is 17.9 Å². The molecule has 0 bridgehead atoms. The van der Waals surface area contributed by atoms with E-state index in [1.165, 1.54) is 26.4 Å². The molecule has 0 radical (unpaired) electrons. The molecule has 0 saturated carbocycles. The van der Waals surface area contributed by atoms with Crippen molar-refractivity contribution in [2.45, 2.75) is 65.7 Å². The van der Waals surface area contributed by atoms with Crippen LogP contribution in [0, 0.1) is 5.92 Å². The monoisotopic (exact) mass is 358 g/mol. The van der Waals surface area contributed by atoms with Gasteiger partial charge in [-0.3, -0.25) is 4.79 Å². The van der Waals surface area contributed by atoms with Crippen molar-refractivity contribution in [1.29, 1.82) is 0 Å². The number of methoxy groups -OCH3 is 1. The van der Waals surface area contributed by atoms with E-state index in [-0.39, 0.29) is 5.97 Å². The molecule has 6 nitrogen and oxygen atoms in total. The normalized spacial score (nSPS) is 10.1. The highest BCUT2D eigenvalue weighted by molar-refractivity contribution is 5.85. The maximum atomic E-state index is 10.5. The molecule has 0 aliphatic carbocycles. The number of aliphatic carboxylic acids is 2. The lowest BCUT2D eigenvalue weighted by molar-refractivity contribution is -0.140. The first-order valence-electron chi connectivity index (χ1n) is 8.53. The van der Waals surface area contributed by atoms with Gasteiger partial charge < -0.3 is 14.9 Å². The summed E-state index contributed by atoms with van der Waals surface area (Å²) in [6.45, 7) is 12.6. The first kappa shape index (κ1) is 27.7. The number of carboxylic acids is 2. The van der Waals surface area contributed by atoms with Gasteiger partial charge >= 0.3 is 17.9 Å². The highest BCUT2D eigenvalue weighted by atomic mass is 16.5. The molecule has 25 heavy (non-hydrogen) atoms. The van der Waals surface area contributed by atoms with Gasteiger partial charge in [-0.25, -0.2) is 9.59 Å². The highest BCUT2D eigenvalue weighted by Gasteiger charge is 2.09. The Balaban J connectivity index is -0.000000362. The number of carbonyl (C=O) groups excluding carboxylic acids is 1. The Kier molecular flexibility index (Phi) is 22.1. The van der Waals surface area contributed by atoms with Gasteiger partial charge in [0.2, 0.25) is 0 Å². The molecule has 0 aliphatic rings. The number of hydrogen-bond acceptors (Lipinski definition) is 4. The number of unbranched alkanes of at least 4 members (excludes halogenated alkanes) is 1. The molecule has 0 aromatic heterocycles. The largest absolute Gasteiger partial charge is 0.478 e. The van der Waals surface area contributed by atoms with Gasteiger partial charge in [0.15, 0.2) is 0 Å². The summed E-state index contributed by atoms with van der Waals surface area (Å²) in [4.78, 5) is 29.7. The maximum Gasteiger partial charge on any atom is 0.330 e. The van der Waals surface area contributed by atoms with E-state index in [0.717, 1.165) is 18.9 Å². The Morgan fingerprint density at radius 1 is 1.12 bits per heavy atom. The van der Waals surface area contributed by atoms with Crippen molar-refractivity contribution in [3.05, 3.63) is 24.8 Å². The quantitative estimate of drug-likeness (QED) is 0.442. The second kappa shape index (κ2) is 19.9. The summed E-state index contributed by atoms with van der Waals surface area (Å²) < 4.78 is 4.26. The van der Waals surface area contributed by atoms with Crippen LogP contribution in [0.15, 0.2) is 24.8 Å². The molecular formula is C19H34O6. The van der Waals surface area contributed by atoms with Crippen molar-refractivity contribution in [3.8, 4) is 0 Å². The predicted octanol–water partition coefficient (Wildman–Crippen LogP) is 4.45. The van der Waals surface area contributed by atoms with Crippen molar-refractivity contribution in [1.82, 2.24) is 0 Å². The highest BCUT2D eigenvalue weighted by Crippen LogP contribution is 2.20. The minimum absolute atomic E-state index is 0.157. The zero-order valence-electron chi connectivity index (χ0n) is 16.0. The fourth-order valence-electron chi connectivity index (χ4n) is 1.68. The van der Waals surface area contributed by atoms with Gasteiger partial charge in [-0.15, -0.1) is 0 Å². The fraction of sp³-hybridized carbons (Fsp3) is 0.632. The van der Waals surface area contributed by atoms with E-state index in [0.29, 0.717) is 24.3 Å². The molecule has 0 saturated heterocycles. The lowest BCUT2D eigenvalue weighted by atomic mass is 9.93. The summed E-state index contributed by atoms with van der Waals surface area (Å²) in [6.07, 6.45) is 7.75. The van der Waals surface area contributed by atoms with Gasteiger partial charge in [0.05, 0.1) is 7.11 Å². The average molecular weight is 358 g/mol. The van der Waals surface area contributed by atoms with Crippen molar-refractivity contribution in [2.24, 2.45) is 5.92 Å². The minimum Gasteiger partial charge on any atom is -0.478 e. The molecule has 0 aromatic carbocycles. The topological polar surface area (TPSA) is 101 Å². The molecule has 1 atom stereocenters. The molecule has 2 N–H and O–H groups in total. The smallest absolute Gasteiger partial charge is 0.330 e. The minimum atomic E-state index is -0.981. The Hall–Kier alpha value is -2.11. The van der Waals surface area contributed by atoms with Crippen LogP contribution in [-0.4, -0.2) is 35.2 Å². The van der Waals surface area contributed by atoms with Gasteiger partial charge in [-0.05, 0) is 18.8 Å². The van der Waals surface area contributed by atoms with E-state index in [2.05, 4.69) is 31.7 Å². The Bertz CT molecular complexity index is 395. The molecule has 0 amide bonds. The number of hydrogen-bond donors (Lipinski definition) is 2. The molecule has 0 spiro atoms. The second-order valence-corrected chi connectivity index (χ2v) is 5.34. The van der Waals surface area contributed by atoms with Crippen molar-refractivity contribution < 1.29 is 29.3 Å². The first-order chi connectivity index (χ1) is 11.7. The summed E-state index contributed by atoms with van der Waals surface area (Å²) in [5.74, 6) is -1.32. The van der Waals surface area contributed by atoms with Gasteiger partial charge in [0, 0.05) is 18.1 Å². The zero-order chi connectivity index (χ0) is 20.3. The lowest BCUT2D eigenvalue weighted by Gasteiger charge is -2.13. The summed E-state index contributed by atoms with van der Waals surface area (Å²) in [6, 6.07) is 0. The molecule has 0 heterocycles. The number of esters is 1. The summed E-state index contributed by atoms with van der Waals surface area (Å²) in [7, 11) is 1.38. The van der Waals surface area contributed by atoms with E-state index in [1.54, 1.807) is 6.92 Å². The number of ether oxygens (including phenoxy) is 1. The van der Waals surface area contributed by atoms with Gasteiger partial charge in [-0.1, -0.05) is 59.6 Å². The molecule has 146 valence electrons. The molecule has 1 unspecified atom stereocenters. The lowest BCUT2D eigenvalue weighted by Crippen LogP contribution is -2.04. The molecule has 0 aliphatic heterocycles. The summed E-state index contributed by atoms with van der Waals surface area (Å²) >= 11 is 0. The van der Waals surface area contributed by atoms with Crippen LogP contribution in [0.2, 0.25) is 0 Å². The van der Waals surface area contributed by atoms with Crippen molar-refractivity contribution in [3.63, 3.8) is 0 Å². The van der Waals surface area contributed by atoms with Crippen LogP contribution in [0.1, 0.15) is 65.7 Å². The third kappa shape index (κ3) is 24.3. The Morgan fingerprint density at radius 3 is 1.88 bits per heavy atom. The second-order valence-electron chi connectivity index (χ2n) is 5.34. The number of rotatable bonds is 10. The number of carboxylic acid groups (broad SMARTS) is 2. The van der Waals surface area contributed by atoms with Crippen LogP contribution in [0.5, 0.6) is 0 Å². The van der Waals surface area contributed by atoms with Crippen LogP contribution < -0.4 is 0 Å². The molecule has 0 rings (SSSR count). The van der Waals surface area contributed by atoms with Crippen LogP contribution in [0.3, 0.4) is 0 Å². The van der Waals surface area contributed by atoms with E-state index in [4.69, 9.17) is 10.2 Å². The number of carbonyl (C=O) groups is 3. The zero-order valence-corrected chi connectivity index (χ0v) is 16.0. The van der Waals surface area contributed by atoms with Gasteiger partial charge in [-0.2, -0.15) is 0 Å². The first-order valence-corrected chi connectivity index (χ1v) is 8.53. The third-order valence-corrected chi connectivity index (χ3v) is 3.39. The van der Waals surface area contributed by atoms with Gasteiger partial charge in [0.25, 0.3) is 0 Å². The molecular weight excluding hydrogens is 324 g/mol. The fourth-order valence-corrected chi connectivity index (χ4v) is 1.68. The van der Waals surface area contributed by atoms with E-state index in [9.17, 15) is 14.4 Å². The van der Waals surface area contributed by atoms with Crippen LogP contribution in [0.25, 0.3) is 0 Å². The van der Waals surface area contributed by atoms with E-state index >= 15 is 0 Å². The van der Waals surface area contributed by atoms with Gasteiger partial charge in [0.1, 0.15) is 0 Å². The molecule has 6 heteroatoms. The SMILES string of the molecule is C=C(CCC(CC)CCCC)C(=O)O.C=CC(=O)O.CCC(=O)OC. The van der Waals surface area contributed by atoms with Crippen LogP contribution in [-0.2, 0) is 19.1 Å². The Labute approximate surface area is 151 Å². The van der Waals surface area contributed by atoms with E-state index < -0.39 is 11.9 Å². The Morgan fingerprint density at radius 2 is 1.64 bits per heavy atom. The van der Waals surface area contributed by atoms with Crippen LogP contribution in [0.4, 0.5) is 0 Å². The van der Waals surface area contributed by atoms with E-state index in [1.807, 2.05) is 0 Å². The summed E-state index contributed by atoms with van der Waals surface area (Å²) in [5, 5.41) is 16.2. The predicted molar refractivity (Wildman–Crippen MR) is 99.5 cm³/mol. The van der Waals surface area contributed by atoms with Crippen molar-refractivity contribution in [2.75, 3.05) is 7.11 Å². The standard InChI is InChI=1S/C12H22O2.C4H8O2.C3H4O2/c1-4-6-7-11(5-2)9-8-10(3)12(13)14;1-3-4(5)6-2;1-2-3(4)5/h11H,3-9H2,1-2H3,(H,13,14);3H2,1-2H3;2H,1H2,(H,4,5).